The van der Waals surface area contributed by atoms with Crippen LogP contribution in [0.15, 0.2) is 43.0 Å². The van der Waals surface area contributed by atoms with Gasteiger partial charge in [-0.1, -0.05) is 12.1 Å². The molecule has 1 N–H and O–H groups in total. The Balaban J connectivity index is 1.43. The van der Waals surface area contributed by atoms with Crippen LogP contribution in [-0.4, -0.2) is 35.7 Å². The largest absolute Gasteiger partial charge is 0.370 e. The Kier molecular flexibility index (Phi) is 3.38. The van der Waals surface area contributed by atoms with Crippen LogP contribution in [0.3, 0.4) is 0 Å². The molecular formula is C16H17N7. The lowest BCUT2D eigenvalue weighted by Gasteiger charge is -2.09. The van der Waals surface area contributed by atoms with E-state index in [1.54, 1.807) is 4.52 Å². The van der Waals surface area contributed by atoms with Crippen LogP contribution in [0.5, 0.6) is 0 Å². The lowest BCUT2D eigenvalue weighted by Crippen LogP contribution is -2.10. The summed E-state index contributed by atoms with van der Waals surface area (Å²) in [6.07, 6.45) is 4.40. The van der Waals surface area contributed by atoms with Crippen molar-refractivity contribution in [3.63, 3.8) is 0 Å². The summed E-state index contributed by atoms with van der Waals surface area (Å²) < 4.78 is 3.90. The summed E-state index contributed by atoms with van der Waals surface area (Å²) in [5.74, 6) is 1.54. The van der Waals surface area contributed by atoms with Crippen molar-refractivity contribution in [1.29, 1.82) is 0 Å². The lowest BCUT2D eigenvalue weighted by atomic mass is 10.3. The maximum Gasteiger partial charge on any atom is 0.254 e. The first-order valence-corrected chi connectivity index (χ1v) is 7.62. The van der Waals surface area contributed by atoms with Crippen LogP contribution in [-0.2, 0) is 6.54 Å². The van der Waals surface area contributed by atoms with Crippen LogP contribution in [0, 0.1) is 6.92 Å². The highest BCUT2D eigenvalue weighted by Gasteiger charge is 2.05. The first-order valence-electron chi connectivity index (χ1n) is 7.62. The van der Waals surface area contributed by atoms with Gasteiger partial charge in [-0.15, -0.1) is 0 Å². The first-order chi connectivity index (χ1) is 11.3. The molecule has 1 aromatic carbocycles. The Bertz CT molecular complexity index is 953. The fourth-order valence-electron chi connectivity index (χ4n) is 2.71. The van der Waals surface area contributed by atoms with Crippen molar-refractivity contribution in [3.8, 4) is 0 Å². The highest BCUT2D eigenvalue weighted by molar-refractivity contribution is 5.74. The molecule has 0 aliphatic carbocycles. The molecule has 23 heavy (non-hydrogen) atoms. The first kappa shape index (κ1) is 13.7. The third kappa shape index (κ3) is 2.61. The maximum absolute atomic E-state index is 4.41. The molecule has 0 amide bonds. The summed E-state index contributed by atoms with van der Waals surface area (Å²) in [4.78, 5) is 12.9. The summed E-state index contributed by atoms with van der Waals surface area (Å²) in [6, 6.07) is 10.2. The van der Waals surface area contributed by atoms with E-state index in [0.29, 0.717) is 5.78 Å². The van der Waals surface area contributed by atoms with E-state index in [1.807, 2.05) is 37.5 Å². The molecule has 0 radical (unpaired) electrons. The Morgan fingerprint density at radius 2 is 2.09 bits per heavy atom. The zero-order valence-corrected chi connectivity index (χ0v) is 12.8. The standard InChI is InChI=1S/C16H17N7/c1-12-9-15(23-16(21-12)18-10-20-23)17-7-4-8-22-11-19-13-5-2-3-6-14(13)22/h2-3,5-6,9-11,17H,4,7-8H2,1H3. The van der Waals surface area contributed by atoms with Crippen LogP contribution in [0.25, 0.3) is 16.8 Å². The second-order valence-electron chi connectivity index (χ2n) is 5.46. The van der Waals surface area contributed by atoms with Crippen LogP contribution >= 0.6 is 0 Å². The fraction of sp³-hybridized carbons (Fsp3) is 0.250. The molecule has 7 heteroatoms. The molecule has 3 aromatic heterocycles. The number of rotatable bonds is 5. The lowest BCUT2D eigenvalue weighted by molar-refractivity contribution is 0.675. The number of hydrogen-bond donors (Lipinski definition) is 1. The average Bonchev–Trinajstić information content (AvgIpc) is 3.18. The zero-order chi connectivity index (χ0) is 15.6. The number of benzene rings is 1. The average molecular weight is 307 g/mol. The van der Waals surface area contributed by atoms with Crippen molar-refractivity contribution in [1.82, 2.24) is 29.1 Å². The smallest absolute Gasteiger partial charge is 0.254 e. The Labute approximate surface area is 133 Å². The molecule has 0 saturated heterocycles. The van der Waals surface area contributed by atoms with E-state index in [9.17, 15) is 0 Å². The summed E-state index contributed by atoms with van der Waals surface area (Å²) in [5.41, 5.74) is 3.13. The molecule has 7 nitrogen and oxygen atoms in total. The monoisotopic (exact) mass is 307 g/mol. The third-order valence-electron chi connectivity index (χ3n) is 3.79. The van der Waals surface area contributed by atoms with Gasteiger partial charge in [0, 0.05) is 24.8 Å². The van der Waals surface area contributed by atoms with Crippen LogP contribution in [0.2, 0.25) is 0 Å². The third-order valence-corrected chi connectivity index (χ3v) is 3.79. The van der Waals surface area contributed by atoms with Crippen molar-refractivity contribution >= 4 is 22.6 Å². The summed E-state index contributed by atoms with van der Waals surface area (Å²) >= 11 is 0. The van der Waals surface area contributed by atoms with E-state index < -0.39 is 0 Å². The van der Waals surface area contributed by atoms with E-state index in [4.69, 9.17) is 0 Å². The van der Waals surface area contributed by atoms with Gasteiger partial charge < -0.3 is 9.88 Å². The minimum atomic E-state index is 0.619. The Morgan fingerprint density at radius 3 is 3.04 bits per heavy atom. The van der Waals surface area contributed by atoms with Gasteiger partial charge in [-0.25, -0.2) is 9.97 Å². The van der Waals surface area contributed by atoms with Gasteiger partial charge in [0.15, 0.2) is 0 Å². The summed E-state index contributed by atoms with van der Waals surface area (Å²) in [5, 5.41) is 7.61. The number of aromatic nitrogens is 6. The molecule has 0 spiro atoms. The number of imidazole rings is 1. The number of para-hydroxylation sites is 2. The normalized spacial score (nSPS) is 11.3. The predicted molar refractivity (Wildman–Crippen MR) is 88.4 cm³/mol. The molecule has 4 rings (SSSR count). The predicted octanol–water partition coefficient (Wildman–Crippen LogP) is 2.28. The zero-order valence-electron chi connectivity index (χ0n) is 12.8. The van der Waals surface area contributed by atoms with E-state index in [0.717, 1.165) is 36.5 Å². The quantitative estimate of drug-likeness (QED) is 0.573. The molecule has 0 unspecified atom stereocenters. The van der Waals surface area contributed by atoms with Crippen LogP contribution in [0.1, 0.15) is 12.1 Å². The van der Waals surface area contributed by atoms with Crippen molar-refractivity contribution in [2.75, 3.05) is 11.9 Å². The molecule has 0 bridgehead atoms. The fourth-order valence-corrected chi connectivity index (χ4v) is 2.71. The van der Waals surface area contributed by atoms with Gasteiger partial charge >= 0.3 is 0 Å². The Hall–Kier alpha value is -2.96. The van der Waals surface area contributed by atoms with Gasteiger partial charge in [0.25, 0.3) is 5.78 Å². The Morgan fingerprint density at radius 1 is 1.17 bits per heavy atom. The molecule has 0 aliphatic rings. The van der Waals surface area contributed by atoms with E-state index in [-0.39, 0.29) is 0 Å². The number of hydrogen-bond acceptors (Lipinski definition) is 5. The van der Waals surface area contributed by atoms with Gasteiger partial charge in [0.05, 0.1) is 17.4 Å². The second-order valence-corrected chi connectivity index (χ2v) is 5.46. The van der Waals surface area contributed by atoms with Gasteiger partial charge in [0.1, 0.15) is 12.1 Å². The molecule has 0 atom stereocenters. The van der Waals surface area contributed by atoms with Crippen molar-refractivity contribution < 1.29 is 0 Å². The molecule has 3 heterocycles. The minimum absolute atomic E-state index is 0.619. The topological polar surface area (TPSA) is 72.9 Å². The van der Waals surface area contributed by atoms with Gasteiger partial charge in [0.2, 0.25) is 0 Å². The number of fused-ring (bicyclic) bond motifs is 2. The summed E-state index contributed by atoms with van der Waals surface area (Å²) in [6.45, 7) is 3.71. The number of aryl methyl sites for hydroxylation is 2. The second kappa shape index (κ2) is 5.68. The number of nitrogens with zero attached hydrogens (tertiary/aromatic N) is 6. The number of nitrogens with one attached hydrogen (secondary N) is 1. The molecule has 0 fully saturated rings. The molecule has 0 saturated carbocycles. The highest BCUT2D eigenvalue weighted by atomic mass is 15.3. The SMILES string of the molecule is Cc1cc(NCCCn2cnc3ccccc32)n2ncnc2n1. The van der Waals surface area contributed by atoms with Crippen molar-refractivity contribution in [2.24, 2.45) is 0 Å². The summed E-state index contributed by atoms with van der Waals surface area (Å²) in [7, 11) is 0. The molecule has 116 valence electrons. The van der Waals surface area contributed by atoms with Gasteiger partial charge in [-0.05, 0) is 25.5 Å². The van der Waals surface area contributed by atoms with E-state index >= 15 is 0 Å². The minimum Gasteiger partial charge on any atom is -0.370 e. The van der Waals surface area contributed by atoms with Crippen molar-refractivity contribution in [2.45, 2.75) is 19.9 Å². The van der Waals surface area contributed by atoms with Crippen LogP contribution < -0.4 is 5.32 Å². The van der Waals surface area contributed by atoms with E-state index in [1.165, 1.54) is 11.8 Å². The van der Waals surface area contributed by atoms with Crippen LogP contribution in [0.4, 0.5) is 5.82 Å². The number of anilines is 1. The molecular weight excluding hydrogens is 290 g/mol. The van der Waals surface area contributed by atoms with Gasteiger partial charge in [-0.2, -0.15) is 14.6 Å². The van der Waals surface area contributed by atoms with Gasteiger partial charge in [-0.3, -0.25) is 0 Å². The van der Waals surface area contributed by atoms with E-state index in [2.05, 4.69) is 36.0 Å². The van der Waals surface area contributed by atoms with Crippen molar-refractivity contribution in [3.05, 3.63) is 48.7 Å². The molecule has 4 aromatic rings. The highest BCUT2D eigenvalue weighted by Crippen LogP contribution is 2.13. The molecule has 0 aliphatic heterocycles. The maximum atomic E-state index is 4.41.